The van der Waals surface area contributed by atoms with E-state index in [1.54, 1.807) is 6.07 Å². The third-order valence-electron chi connectivity index (χ3n) is 6.91. The molecule has 1 aromatic heterocycles. The highest BCUT2D eigenvalue weighted by Crippen LogP contribution is 2.44. The quantitative estimate of drug-likeness (QED) is 0.103. The third kappa shape index (κ3) is 7.56. The molecule has 222 valence electrons. The molecular weight excluding hydrogens is 554 g/mol. The highest BCUT2D eigenvalue weighted by Gasteiger charge is 2.55. The summed E-state index contributed by atoms with van der Waals surface area (Å²) in [6, 6.07) is 10.4. The van der Waals surface area contributed by atoms with E-state index in [2.05, 4.69) is 11.3 Å². The fourth-order valence-electron chi connectivity index (χ4n) is 4.96. The van der Waals surface area contributed by atoms with Gasteiger partial charge in [0.15, 0.2) is 0 Å². The van der Waals surface area contributed by atoms with Crippen LogP contribution in [0, 0.1) is 5.92 Å². The number of hydrogen-bond acceptors (Lipinski definition) is 5. The predicted molar refractivity (Wildman–Crippen MR) is 139 cm³/mol. The molecule has 1 aliphatic carbocycles. The zero-order chi connectivity index (χ0) is 29.9. The normalized spacial score (nSPS) is 19.4. The molecule has 3 unspecified atom stereocenters. The Morgan fingerprint density at radius 3 is 2.39 bits per heavy atom. The number of benzene rings is 2. The molecular formula is C30H30F6O5. The van der Waals surface area contributed by atoms with Crippen LogP contribution in [0.4, 0.5) is 26.3 Å². The summed E-state index contributed by atoms with van der Waals surface area (Å²) in [5.41, 5.74) is 0.963. The minimum atomic E-state index is -4.92. The number of carbonyl (C=O) groups is 1. The van der Waals surface area contributed by atoms with Gasteiger partial charge in [-0.15, -0.1) is 13.2 Å². The summed E-state index contributed by atoms with van der Waals surface area (Å²) >= 11 is 0. The maximum atomic E-state index is 13.9. The second-order valence-corrected chi connectivity index (χ2v) is 10.2. The lowest BCUT2D eigenvalue weighted by atomic mass is 10.0. The smallest absolute Gasteiger partial charge is 0.489 e. The SMILES string of the molecule is C=C(C)C(=O)OC1CCC(Oc2ccc3cc(-c4ccc(CCCCC)cc4OC(F)(F)F)oc3c2)C1C(F)(F)F. The van der Waals surface area contributed by atoms with Gasteiger partial charge in [0.2, 0.25) is 0 Å². The lowest BCUT2D eigenvalue weighted by Crippen LogP contribution is -2.41. The highest BCUT2D eigenvalue weighted by molar-refractivity contribution is 5.87. The number of carbonyl (C=O) groups excluding carboxylic acids is 1. The molecule has 0 amide bonds. The van der Waals surface area contributed by atoms with E-state index in [0.29, 0.717) is 17.4 Å². The van der Waals surface area contributed by atoms with E-state index in [0.717, 1.165) is 19.3 Å². The van der Waals surface area contributed by atoms with Crippen molar-refractivity contribution in [2.45, 2.75) is 77.1 Å². The molecule has 1 fully saturated rings. The molecule has 1 heterocycles. The van der Waals surface area contributed by atoms with Gasteiger partial charge in [0.25, 0.3) is 0 Å². The van der Waals surface area contributed by atoms with Gasteiger partial charge in [-0.05, 0) is 68.5 Å². The van der Waals surface area contributed by atoms with Crippen molar-refractivity contribution in [1.29, 1.82) is 0 Å². The molecule has 41 heavy (non-hydrogen) atoms. The van der Waals surface area contributed by atoms with Gasteiger partial charge in [0.05, 0.1) is 5.56 Å². The van der Waals surface area contributed by atoms with E-state index in [9.17, 15) is 31.1 Å². The predicted octanol–water partition coefficient (Wildman–Crippen LogP) is 8.94. The average Bonchev–Trinajstić information content (AvgIpc) is 3.47. The lowest BCUT2D eigenvalue weighted by molar-refractivity contribution is -0.274. The van der Waals surface area contributed by atoms with Crippen molar-refractivity contribution < 1.29 is 49.8 Å². The Morgan fingerprint density at radius 1 is 1.00 bits per heavy atom. The van der Waals surface area contributed by atoms with Crippen LogP contribution in [-0.4, -0.2) is 30.7 Å². The molecule has 1 aliphatic rings. The van der Waals surface area contributed by atoms with E-state index in [1.807, 2.05) is 6.92 Å². The first-order valence-electron chi connectivity index (χ1n) is 13.3. The topological polar surface area (TPSA) is 57.9 Å². The monoisotopic (exact) mass is 584 g/mol. The summed E-state index contributed by atoms with van der Waals surface area (Å²) in [6.45, 7) is 6.78. The fraction of sp³-hybridized carbons (Fsp3) is 0.433. The zero-order valence-electron chi connectivity index (χ0n) is 22.5. The van der Waals surface area contributed by atoms with Crippen LogP contribution in [0.25, 0.3) is 22.3 Å². The molecule has 1 saturated carbocycles. The minimum absolute atomic E-state index is 0.00991. The van der Waals surface area contributed by atoms with Gasteiger partial charge in [-0.2, -0.15) is 13.2 Å². The van der Waals surface area contributed by atoms with Gasteiger partial charge in [-0.1, -0.05) is 32.4 Å². The summed E-state index contributed by atoms with van der Waals surface area (Å²) in [6.07, 6.45) is -9.08. The first-order chi connectivity index (χ1) is 19.2. The van der Waals surface area contributed by atoms with Gasteiger partial charge in [-0.3, -0.25) is 0 Å². The molecule has 0 radical (unpaired) electrons. The molecule has 3 atom stereocenters. The summed E-state index contributed by atoms with van der Waals surface area (Å²) < 4.78 is 102. The largest absolute Gasteiger partial charge is 0.573 e. The van der Waals surface area contributed by atoms with Crippen LogP contribution < -0.4 is 9.47 Å². The number of alkyl halides is 6. The third-order valence-corrected chi connectivity index (χ3v) is 6.91. The van der Waals surface area contributed by atoms with Crippen molar-refractivity contribution in [2.75, 3.05) is 0 Å². The molecule has 3 aromatic rings. The number of ether oxygens (including phenoxy) is 3. The molecule has 0 spiro atoms. The Labute approximate surface area is 233 Å². The summed E-state index contributed by atoms with van der Waals surface area (Å²) in [5.74, 6) is -3.19. The molecule has 4 rings (SSSR count). The maximum absolute atomic E-state index is 13.9. The van der Waals surface area contributed by atoms with Gasteiger partial charge in [-0.25, -0.2) is 4.79 Å². The van der Waals surface area contributed by atoms with Crippen molar-refractivity contribution in [1.82, 2.24) is 0 Å². The number of esters is 1. The number of unbranched alkanes of at least 4 members (excludes halogenated alkanes) is 2. The second-order valence-electron chi connectivity index (χ2n) is 10.2. The Balaban J connectivity index is 1.59. The van der Waals surface area contributed by atoms with Gasteiger partial charge in [0, 0.05) is 17.0 Å². The number of hydrogen-bond donors (Lipinski definition) is 0. The number of furan rings is 1. The van der Waals surface area contributed by atoms with Crippen molar-refractivity contribution in [3.63, 3.8) is 0 Å². The van der Waals surface area contributed by atoms with Crippen LogP contribution in [-0.2, 0) is 16.0 Å². The van der Waals surface area contributed by atoms with Crippen molar-refractivity contribution in [3.8, 4) is 22.8 Å². The van der Waals surface area contributed by atoms with E-state index >= 15 is 0 Å². The standard InChI is InChI=1S/C30H30F6O5/c1-4-5-6-7-18-8-11-21(26(14-18)41-30(34,35)36)25-15-19-9-10-20(16-24(19)39-25)38-22-12-13-23(27(22)29(31,32)33)40-28(37)17(2)3/h8-11,14-16,22-23,27H,2,4-7,12-13H2,1,3H3. The first-order valence-corrected chi connectivity index (χ1v) is 13.3. The van der Waals surface area contributed by atoms with Crippen molar-refractivity contribution in [3.05, 3.63) is 60.2 Å². The van der Waals surface area contributed by atoms with Gasteiger partial charge in [0.1, 0.15) is 41.0 Å². The Hall–Kier alpha value is -3.63. The van der Waals surface area contributed by atoms with E-state index in [4.69, 9.17) is 13.9 Å². The molecule has 2 aromatic carbocycles. The van der Waals surface area contributed by atoms with Crippen molar-refractivity contribution in [2.24, 2.45) is 5.92 Å². The van der Waals surface area contributed by atoms with Crippen LogP contribution in [0.5, 0.6) is 11.5 Å². The molecule has 0 N–H and O–H groups in total. The number of fused-ring (bicyclic) bond motifs is 1. The van der Waals surface area contributed by atoms with Crippen LogP contribution in [0.3, 0.4) is 0 Å². The average molecular weight is 585 g/mol. The van der Waals surface area contributed by atoms with Crippen LogP contribution >= 0.6 is 0 Å². The van der Waals surface area contributed by atoms with Gasteiger partial charge < -0.3 is 18.6 Å². The molecule has 11 heteroatoms. The summed E-state index contributed by atoms with van der Waals surface area (Å²) in [4.78, 5) is 11.9. The van der Waals surface area contributed by atoms with Crippen LogP contribution in [0.2, 0.25) is 0 Å². The second kappa shape index (κ2) is 12.1. The molecule has 0 aliphatic heterocycles. The summed E-state index contributed by atoms with van der Waals surface area (Å²) in [7, 11) is 0. The summed E-state index contributed by atoms with van der Waals surface area (Å²) in [5, 5.41) is 0.504. The van der Waals surface area contributed by atoms with Crippen LogP contribution in [0.15, 0.2) is 59.0 Å². The number of rotatable bonds is 10. The minimum Gasteiger partial charge on any atom is -0.489 e. The Kier molecular flexibility index (Phi) is 8.94. The molecule has 5 nitrogen and oxygen atoms in total. The number of aryl methyl sites for hydroxylation is 1. The Bertz CT molecular complexity index is 1390. The maximum Gasteiger partial charge on any atom is 0.573 e. The van der Waals surface area contributed by atoms with Crippen LogP contribution in [0.1, 0.15) is 51.5 Å². The molecule has 0 bridgehead atoms. The molecule has 0 saturated heterocycles. The highest BCUT2D eigenvalue weighted by atomic mass is 19.4. The zero-order valence-corrected chi connectivity index (χ0v) is 22.5. The fourth-order valence-corrected chi connectivity index (χ4v) is 4.96. The van der Waals surface area contributed by atoms with E-state index in [-0.39, 0.29) is 41.1 Å². The van der Waals surface area contributed by atoms with E-state index in [1.165, 1.54) is 43.3 Å². The lowest BCUT2D eigenvalue weighted by Gasteiger charge is -2.27. The van der Waals surface area contributed by atoms with E-state index < -0.39 is 42.4 Å². The van der Waals surface area contributed by atoms with Gasteiger partial charge >= 0.3 is 18.5 Å². The number of halogens is 6. The van der Waals surface area contributed by atoms with Crippen molar-refractivity contribution >= 4 is 16.9 Å². The first kappa shape index (κ1) is 30.3. The Morgan fingerprint density at radius 2 is 1.73 bits per heavy atom.